The van der Waals surface area contributed by atoms with E-state index in [1.165, 1.54) is 18.9 Å². The number of nitrogens with two attached hydrogens (primary N) is 1. The van der Waals surface area contributed by atoms with Crippen molar-refractivity contribution in [3.05, 3.63) is 35.4 Å². The predicted octanol–water partition coefficient (Wildman–Crippen LogP) is 2.45. The van der Waals surface area contributed by atoms with Crippen molar-refractivity contribution in [1.29, 1.82) is 0 Å². The second kappa shape index (κ2) is 5.10. The molecule has 1 saturated carbocycles. The molecule has 0 bridgehead atoms. The molecule has 0 aliphatic heterocycles. The van der Waals surface area contributed by atoms with E-state index < -0.39 is 17.7 Å². The predicted molar refractivity (Wildman–Crippen MR) is 63.6 cm³/mol. The Bertz CT molecular complexity index is 391. The quantitative estimate of drug-likeness (QED) is 0.856. The van der Waals surface area contributed by atoms with Gasteiger partial charge in [0.15, 0.2) is 11.6 Å². The Hall–Kier alpha value is -1.00. The molecule has 0 saturated heterocycles. The van der Waals surface area contributed by atoms with Gasteiger partial charge in [0.05, 0.1) is 0 Å². The monoisotopic (exact) mass is 240 g/mol. The first kappa shape index (κ1) is 12.5. The van der Waals surface area contributed by atoms with Crippen molar-refractivity contribution in [3.8, 4) is 0 Å². The molecule has 1 aliphatic carbocycles. The molecule has 1 atom stereocenters. The normalized spacial score (nSPS) is 17.5. The van der Waals surface area contributed by atoms with Gasteiger partial charge in [-0.15, -0.1) is 0 Å². The van der Waals surface area contributed by atoms with Crippen LogP contribution in [0.1, 0.15) is 30.9 Å². The molecule has 1 aliphatic rings. The molecular formula is C13H18F2N2. The van der Waals surface area contributed by atoms with Gasteiger partial charge < -0.3 is 10.6 Å². The number of rotatable bonds is 5. The summed E-state index contributed by atoms with van der Waals surface area (Å²) in [7, 11) is 2.05. The fourth-order valence-electron chi connectivity index (χ4n) is 2.00. The average molecular weight is 240 g/mol. The first-order valence-electron chi connectivity index (χ1n) is 5.99. The zero-order chi connectivity index (χ0) is 12.4. The average Bonchev–Trinajstić information content (AvgIpc) is 3.13. The zero-order valence-corrected chi connectivity index (χ0v) is 10.00. The summed E-state index contributed by atoms with van der Waals surface area (Å²) in [6, 6.07) is 4.40. The molecule has 4 heteroatoms. The highest BCUT2D eigenvalue weighted by atomic mass is 19.2. The molecule has 0 aromatic heterocycles. The van der Waals surface area contributed by atoms with Crippen LogP contribution in [0.25, 0.3) is 0 Å². The van der Waals surface area contributed by atoms with Gasteiger partial charge in [-0.1, -0.05) is 12.1 Å². The third kappa shape index (κ3) is 3.01. The van der Waals surface area contributed by atoms with Crippen molar-refractivity contribution in [3.63, 3.8) is 0 Å². The van der Waals surface area contributed by atoms with Crippen LogP contribution >= 0.6 is 0 Å². The van der Waals surface area contributed by atoms with E-state index in [9.17, 15) is 8.78 Å². The summed E-state index contributed by atoms with van der Waals surface area (Å²) in [6.07, 6.45) is 3.12. The second-order valence-corrected chi connectivity index (χ2v) is 4.75. The van der Waals surface area contributed by atoms with E-state index in [4.69, 9.17) is 5.73 Å². The number of hydrogen-bond donors (Lipinski definition) is 1. The van der Waals surface area contributed by atoms with Gasteiger partial charge in [0.2, 0.25) is 0 Å². The van der Waals surface area contributed by atoms with E-state index >= 15 is 0 Å². The van der Waals surface area contributed by atoms with Crippen LogP contribution in [0.3, 0.4) is 0 Å². The van der Waals surface area contributed by atoms with Crippen molar-refractivity contribution in [2.24, 2.45) is 5.73 Å². The van der Waals surface area contributed by atoms with E-state index in [0.717, 1.165) is 12.6 Å². The third-order valence-electron chi connectivity index (χ3n) is 3.34. The van der Waals surface area contributed by atoms with Crippen LogP contribution in [-0.2, 0) is 0 Å². The lowest BCUT2D eigenvalue weighted by molar-refractivity contribution is 0.307. The Kier molecular flexibility index (Phi) is 3.74. The van der Waals surface area contributed by atoms with Gasteiger partial charge in [-0.25, -0.2) is 8.78 Å². The lowest BCUT2D eigenvalue weighted by atomic mass is 10.0. The lowest BCUT2D eigenvalue weighted by Crippen LogP contribution is -2.26. The first-order chi connectivity index (χ1) is 8.09. The summed E-state index contributed by atoms with van der Waals surface area (Å²) in [5, 5.41) is 0. The minimum Gasteiger partial charge on any atom is -0.324 e. The Morgan fingerprint density at radius 3 is 2.76 bits per heavy atom. The van der Waals surface area contributed by atoms with Gasteiger partial charge in [-0.2, -0.15) is 0 Å². The van der Waals surface area contributed by atoms with E-state index in [2.05, 4.69) is 4.90 Å². The number of benzene rings is 1. The summed E-state index contributed by atoms with van der Waals surface area (Å²) >= 11 is 0. The molecule has 1 aromatic rings. The fourth-order valence-corrected chi connectivity index (χ4v) is 2.00. The Morgan fingerprint density at radius 1 is 1.41 bits per heavy atom. The van der Waals surface area contributed by atoms with E-state index in [1.54, 1.807) is 6.07 Å². The molecule has 2 rings (SSSR count). The van der Waals surface area contributed by atoms with E-state index in [0.29, 0.717) is 12.5 Å². The molecule has 0 spiro atoms. The van der Waals surface area contributed by atoms with Gasteiger partial charge in [-0.05, 0) is 38.9 Å². The molecule has 2 N–H and O–H groups in total. The maximum absolute atomic E-state index is 13.5. The van der Waals surface area contributed by atoms with Gasteiger partial charge in [0, 0.05) is 17.6 Å². The van der Waals surface area contributed by atoms with Crippen molar-refractivity contribution in [2.45, 2.75) is 31.3 Å². The lowest BCUT2D eigenvalue weighted by Gasteiger charge is -2.19. The summed E-state index contributed by atoms with van der Waals surface area (Å²) in [6.45, 7) is 0.821. The fraction of sp³-hybridized carbons (Fsp3) is 0.538. The summed E-state index contributed by atoms with van der Waals surface area (Å²) in [4.78, 5) is 2.23. The molecule has 94 valence electrons. The molecular weight excluding hydrogens is 222 g/mol. The van der Waals surface area contributed by atoms with Crippen molar-refractivity contribution in [1.82, 2.24) is 4.90 Å². The van der Waals surface area contributed by atoms with Crippen molar-refractivity contribution < 1.29 is 8.78 Å². The molecule has 0 radical (unpaired) electrons. The molecule has 17 heavy (non-hydrogen) atoms. The van der Waals surface area contributed by atoms with Crippen LogP contribution in [-0.4, -0.2) is 24.5 Å². The SMILES string of the molecule is CN(CCC(N)c1cccc(F)c1F)C1CC1. The Morgan fingerprint density at radius 2 is 2.12 bits per heavy atom. The van der Waals surface area contributed by atoms with Crippen LogP contribution in [0.2, 0.25) is 0 Å². The molecule has 2 nitrogen and oxygen atoms in total. The first-order valence-corrected chi connectivity index (χ1v) is 5.99. The number of nitrogens with zero attached hydrogens (tertiary/aromatic N) is 1. The van der Waals surface area contributed by atoms with Crippen LogP contribution < -0.4 is 5.73 Å². The van der Waals surface area contributed by atoms with Crippen LogP contribution in [0.4, 0.5) is 8.78 Å². The van der Waals surface area contributed by atoms with E-state index in [1.807, 2.05) is 7.05 Å². The molecule has 0 amide bonds. The maximum atomic E-state index is 13.5. The molecule has 1 fully saturated rings. The highest BCUT2D eigenvalue weighted by Gasteiger charge is 2.26. The Labute approximate surface area is 100 Å². The van der Waals surface area contributed by atoms with Crippen LogP contribution in [0, 0.1) is 11.6 Å². The maximum Gasteiger partial charge on any atom is 0.163 e. The van der Waals surface area contributed by atoms with Gasteiger partial charge in [0.25, 0.3) is 0 Å². The van der Waals surface area contributed by atoms with Gasteiger partial charge in [0.1, 0.15) is 0 Å². The van der Waals surface area contributed by atoms with Crippen LogP contribution in [0.15, 0.2) is 18.2 Å². The van der Waals surface area contributed by atoms with Crippen LogP contribution in [0.5, 0.6) is 0 Å². The van der Waals surface area contributed by atoms with Crippen molar-refractivity contribution in [2.75, 3.05) is 13.6 Å². The highest BCUT2D eigenvalue weighted by Crippen LogP contribution is 2.27. The minimum atomic E-state index is -0.825. The standard InChI is InChI=1S/C13H18F2N2/c1-17(9-5-6-9)8-7-12(16)10-3-2-4-11(14)13(10)15/h2-4,9,12H,5-8,16H2,1H3. The molecule has 1 aromatic carbocycles. The third-order valence-corrected chi connectivity index (χ3v) is 3.34. The van der Waals surface area contributed by atoms with E-state index in [-0.39, 0.29) is 5.56 Å². The molecule has 0 heterocycles. The topological polar surface area (TPSA) is 29.3 Å². The number of hydrogen-bond acceptors (Lipinski definition) is 2. The summed E-state index contributed by atoms with van der Waals surface area (Å²) < 4.78 is 26.5. The Balaban J connectivity index is 1.94. The summed E-state index contributed by atoms with van der Waals surface area (Å²) in [5.41, 5.74) is 6.17. The second-order valence-electron chi connectivity index (χ2n) is 4.75. The largest absolute Gasteiger partial charge is 0.324 e. The highest BCUT2D eigenvalue weighted by molar-refractivity contribution is 5.22. The zero-order valence-electron chi connectivity index (χ0n) is 10.00. The summed E-state index contributed by atoms with van der Waals surface area (Å²) in [5.74, 6) is -1.64. The van der Waals surface area contributed by atoms with Gasteiger partial charge >= 0.3 is 0 Å². The molecule has 1 unspecified atom stereocenters. The smallest absolute Gasteiger partial charge is 0.163 e. The number of halogens is 2. The van der Waals surface area contributed by atoms with Gasteiger partial charge in [-0.3, -0.25) is 0 Å². The minimum absolute atomic E-state index is 0.272. The van der Waals surface area contributed by atoms with Crippen molar-refractivity contribution >= 4 is 0 Å².